The molecule has 23 heavy (non-hydrogen) atoms. The van der Waals surface area contributed by atoms with Crippen LogP contribution in [0.1, 0.15) is 11.4 Å². The second-order valence-corrected chi connectivity index (χ2v) is 5.20. The average Bonchev–Trinajstić information content (AvgIpc) is 3.09. The summed E-state index contributed by atoms with van der Waals surface area (Å²) in [5.41, 5.74) is 2.58. The maximum Gasteiger partial charge on any atom is 0.206 e. The number of nitrogens with two attached hydrogens (primary N) is 1. The standard InChI is InChI=1S/C17H12ClFN4/c18-13-10-11(3-4-14(13)19)17-12(2-1-7-23-17)15(20)5-6-16-21-8-9-22-16/h1-10,20H,(H,21,22)/p+1/b6-5-,20-15?. The van der Waals surface area contributed by atoms with Crippen molar-refractivity contribution in [3.8, 4) is 11.3 Å². The number of pyridine rings is 1. The lowest BCUT2D eigenvalue weighted by Crippen LogP contribution is -2.39. The number of rotatable bonds is 4. The zero-order valence-corrected chi connectivity index (χ0v) is 12.8. The van der Waals surface area contributed by atoms with E-state index in [1.54, 1.807) is 42.9 Å². The maximum absolute atomic E-state index is 13.3. The Bertz CT molecular complexity index is 872. The zero-order chi connectivity index (χ0) is 16.2. The quantitative estimate of drug-likeness (QED) is 0.723. The number of nitrogens with zero attached hydrogens (tertiary/aromatic N) is 2. The van der Waals surface area contributed by atoms with E-state index < -0.39 is 5.82 Å². The number of allylic oxidation sites excluding steroid dienone is 1. The van der Waals surface area contributed by atoms with Gasteiger partial charge < -0.3 is 4.98 Å². The minimum absolute atomic E-state index is 0.0452. The monoisotopic (exact) mass is 327 g/mol. The van der Waals surface area contributed by atoms with Gasteiger partial charge in [0.2, 0.25) is 5.71 Å². The number of hydrogen-bond acceptors (Lipinski definition) is 2. The Balaban J connectivity index is 1.97. The van der Waals surface area contributed by atoms with Crippen molar-refractivity contribution in [2.75, 3.05) is 0 Å². The van der Waals surface area contributed by atoms with Crippen LogP contribution in [0.5, 0.6) is 0 Å². The fraction of sp³-hybridized carbons (Fsp3) is 0. The van der Waals surface area contributed by atoms with Crippen molar-refractivity contribution in [2.24, 2.45) is 0 Å². The SMILES string of the molecule is [NH2+]=C(/C=C\c1ncc[nH]1)c1cccnc1-c1ccc(F)c(Cl)c1. The highest BCUT2D eigenvalue weighted by atomic mass is 35.5. The average molecular weight is 328 g/mol. The Morgan fingerprint density at radius 1 is 1.22 bits per heavy atom. The summed E-state index contributed by atoms with van der Waals surface area (Å²) >= 11 is 5.86. The van der Waals surface area contributed by atoms with E-state index in [4.69, 9.17) is 17.0 Å². The van der Waals surface area contributed by atoms with E-state index in [9.17, 15) is 4.39 Å². The van der Waals surface area contributed by atoms with Crippen LogP contribution in [0.2, 0.25) is 5.02 Å². The first kappa shape index (κ1) is 15.1. The molecule has 0 aliphatic heterocycles. The second kappa shape index (κ2) is 6.54. The molecule has 114 valence electrons. The van der Waals surface area contributed by atoms with Gasteiger partial charge in [0.25, 0.3) is 0 Å². The first-order chi connectivity index (χ1) is 11.1. The molecule has 2 aromatic heterocycles. The molecule has 0 aliphatic carbocycles. The first-order valence-corrected chi connectivity index (χ1v) is 7.23. The molecule has 0 aliphatic rings. The molecular weight excluding hydrogens is 315 g/mol. The van der Waals surface area contributed by atoms with Gasteiger partial charge in [-0.1, -0.05) is 11.6 Å². The molecule has 0 amide bonds. The van der Waals surface area contributed by atoms with Crippen LogP contribution < -0.4 is 5.41 Å². The van der Waals surface area contributed by atoms with Gasteiger partial charge in [-0.05, 0) is 36.4 Å². The third-order valence-corrected chi connectivity index (χ3v) is 3.54. The molecule has 1 aromatic carbocycles. The van der Waals surface area contributed by atoms with Crippen molar-refractivity contribution < 1.29 is 9.80 Å². The van der Waals surface area contributed by atoms with E-state index in [0.29, 0.717) is 22.8 Å². The lowest BCUT2D eigenvalue weighted by Gasteiger charge is -2.06. The number of aromatic amines is 1. The molecule has 2 heterocycles. The molecule has 0 radical (unpaired) electrons. The van der Waals surface area contributed by atoms with Crippen molar-refractivity contribution in [1.29, 1.82) is 0 Å². The van der Waals surface area contributed by atoms with Crippen molar-refractivity contribution >= 4 is 23.4 Å². The summed E-state index contributed by atoms with van der Waals surface area (Å²) in [6, 6.07) is 8.10. The molecule has 0 fully saturated rings. The summed E-state index contributed by atoms with van der Waals surface area (Å²) in [6.07, 6.45) is 8.55. The Hall–Kier alpha value is -2.79. The number of aromatic nitrogens is 3. The predicted molar refractivity (Wildman–Crippen MR) is 88.3 cm³/mol. The third-order valence-electron chi connectivity index (χ3n) is 3.25. The highest BCUT2D eigenvalue weighted by Gasteiger charge is 2.14. The van der Waals surface area contributed by atoms with Gasteiger partial charge in [0.1, 0.15) is 11.6 Å². The highest BCUT2D eigenvalue weighted by Crippen LogP contribution is 2.26. The predicted octanol–water partition coefficient (Wildman–Crippen LogP) is 2.53. The number of nitrogens with one attached hydrogen (secondary N) is 1. The Morgan fingerprint density at radius 2 is 2.09 bits per heavy atom. The fourth-order valence-electron chi connectivity index (χ4n) is 2.14. The second-order valence-electron chi connectivity index (χ2n) is 4.79. The van der Waals surface area contributed by atoms with Crippen LogP contribution in [-0.4, -0.2) is 20.7 Å². The molecule has 0 spiro atoms. The van der Waals surface area contributed by atoms with Gasteiger partial charge in [-0.15, -0.1) is 0 Å². The summed E-state index contributed by atoms with van der Waals surface area (Å²) < 4.78 is 13.3. The van der Waals surface area contributed by atoms with Gasteiger partial charge in [-0.2, -0.15) is 0 Å². The fourth-order valence-corrected chi connectivity index (χ4v) is 2.32. The normalized spacial score (nSPS) is 11.0. The van der Waals surface area contributed by atoms with Gasteiger partial charge in [-0.25, -0.2) is 9.37 Å². The van der Waals surface area contributed by atoms with E-state index >= 15 is 0 Å². The van der Waals surface area contributed by atoms with Crippen LogP contribution in [0.15, 0.2) is 55.0 Å². The van der Waals surface area contributed by atoms with E-state index in [1.807, 2.05) is 6.07 Å². The molecule has 0 unspecified atom stereocenters. The molecule has 0 bridgehead atoms. The number of benzene rings is 1. The van der Waals surface area contributed by atoms with Gasteiger partial charge in [0.05, 0.1) is 16.3 Å². The summed E-state index contributed by atoms with van der Waals surface area (Å²) in [4.78, 5) is 11.4. The Labute approximate surface area is 137 Å². The minimum Gasteiger partial charge on any atom is -0.345 e. The first-order valence-electron chi connectivity index (χ1n) is 6.86. The van der Waals surface area contributed by atoms with Gasteiger partial charge >= 0.3 is 0 Å². The highest BCUT2D eigenvalue weighted by molar-refractivity contribution is 6.31. The minimum atomic E-state index is -0.470. The van der Waals surface area contributed by atoms with Crippen LogP contribution in [0, 0.1) is 5.82 Å². The van der Waals surface area contributed by atoms with E-state index in [-0.39, 0.29) is 5.02 Å². The molecular formula is C17H13ClFN4+. The van der Waals surface area contributed by atoms with Crippen LogP contribution in [-0.2, 0) is 0 Å². The number of halogens is 2. The summed E-state index contributed by atoms with van der Waals surface area (Å²) in [5.74, 6) is 0.228. The van der Waals surface area contributed by atoms with Crippen molar-refractivity contribution in [1.82, 2.24) is 15.0 Å². The maximum atomic E-state index is 13.3. The van der Waals surface area contributed by atoms with Crippen molar-refractivity contribution in [3.63, 3.8) is 0 Å². The van der Waals surface area contributed by atoms with Crippen LogP contribution in [0.4, 0.5) is 4.39 Å². The molecule has 3 N–H and O–H groups in total. The largest absolute Gasteiger partial charge is 0.345 e. The topological polar surface area (TPSA) is 67.2 Å². The van der Waals surface area contributed by atoms with Gasteiger partial charge in [-0.3, -0.25) is 10.4 Å². The molecule has 0 saturated heterocycles. The summed E-state index contributed by atoms with van der Waals surface area (Å²) in [5, 5.41) is 6.20. The molecule has 3 aromatic rings. The summed E-state index contributed by atoms with van der Waals surface area (Å²) in [6.45, 7) is 0. The van der Waals surface area contributed by atoms with E-state index in [2.05, 4.69) is 15.0 Å². The number of imidazole rings is 1. The third kappa shape index (κ3) is 3.35. The van der Waals surface area contributed by atoms with E-state index in [0.717, 1.165) is 5.56 Å². The number of H-pyrrole nitrogens is 1. The lowest BCUT2D eigenvalue weighted by atomic mass is 10.0. The van der Waals surface area contributed by atoms with Crippen LogP contribution in [0.25, 0.3) is 17.3 Å². The van der Waals surface area contributed by atoms with Gasteiger partial charge in [0, 0.05) is 30.2 Å². The van der Waals surface area contributed by atoms with Crippen LogP contribution in [0.3, 0.4) is 0 Å². The smallest absolute Gasteiger partial charge is 0.206 e. The molecule has 3 rings (SSSR count). The molecule has 0 saturated carbocycles. The lowest BCUT2D eigenvalue weighted by molar-refractivity contribution is -0.110. The van der Waals surface area contributed by atoms with Crippen molar-refractivity contribution in [2.45, 2.75) is 0 Å². The van der Waals surface area contributed by atoms with Gasteiger partial charge in [0.15, 0.2) is 0 Å². The molecule has 4 nitrogen and oxygen atoms in total. The Kier molecular flexibility index (Phi) is 4.30. The van der Waals surface area contributed by atoms with E-state index in [1.165, 1.54) is 12.1 Å². The van der Waals surface area contributed by atoms with Crippen LogP contribution >= 0.6 is 11.6 Å². The van der Waals surface area contributed by atoms with Crippen molar-refractivity contribution in [3.05, 3.63) is 77.2 Å². The number of hydrogen-bond donors (Lipinski definition) is 2. The summed E-state index contributed by atoms with van der Waals surface area (Å²) in [7, 11) is 0. The molecule has 0 atom stereocenters. The Morgan fingerprint density at radius 3 is 2.83 bits per heavy atom. The zero-order valence-electron chi connectivity index (χ0n) is 12.0. The molecule has 6 heteroatoms.